The van der Waals surface area contributed by atoms with Crippen LogP contribution in [-0.4, -0.2) is 22.8 Å². The van der Waals surface area contributed by atoms with Crippen LogP contribution in [0.2, 0.25) is 0 Å². The molecule has 2 aromatic rings. The van der Waals surface area contributed by atoms with E-state index in [0.29, 0.717) is 17.8 Å². The van der Waals surface area contributed by atoms with E-state index in [1.165, 1.54) is 18.2 Å². The highest BCUT2D eigenvalue weighted by Crippen LogP contribution is 2.29. The number of nitro groups is 1. The summed E-state index contributed by atoms with van der Waals surface area (Å²) < 4.78 is 0. The van der Waals surface area contributed by atoms with Crippen LogP contribution in [-0.2, 0) is 16.1 Å². The summed E-state index contributed by atoms with van der Waals surface area (Å²) in [6.45, 7) is 2.13. The third-order valence-electron chi connectivity index (χ3n) is 4.17. The van der Waals surface area contributed by atoms with Gasteiger partial charge in [0, 0.05) is 18.7 Å². The lowest BCUT2D eigenvalue weighted by molar-refractivity contribution is -0.384. The van der Waals surface area contributed by atoms with Crippen molar-refractivity contribution in [3.8, 4) is 0 Å². The van der Waals surface area contributed by atoms with Crippen molar-refractivity contribution >= 4 is 23.2 Å². The second-order valence-corrected chi connectivity index (χ2v) is 5.92. The zero-order valence-electron chi connectivity index (χ0n) is 13.6. The minimum absolute atomic E-state index is 0.0703. The van der Waals surface area contributed by atoms with Crippen molar-refractivity contribution in [3.05, 3.63) is 69.8 Å². The normalized spacial score (nSPS) is 17.2. The molecule has 128 valence electrons. The summed E-state index contributed by atoms with van der Waals surface area (Å²) >= 11 is 0. The average molecular weight is 339 g/mol. The molecule has 1 fully saturated rings. The number of benzene rings is 2. The van der Waals surface area contributed by atoms with Gasteiger partial charge in [0.1, 0.15) is 0 Å². The predicted molar refractivity (Wildman–Crippen MR) is 92.0 cm³/mol. The number of aryl methyl sites for hydroxylation is 1. The monoisotopic (exact) mass is 339 g/mol. The fourth-order valence-corrected chi connectivity index (χ4v) is 2.89. The van der Waals surface area contributed by atoms with Crippen molar-refractivity contribution < 1.29 is 14.5 Å². The highest BCUT2D eigenvalue weighted by molar-refractivity contribution is 6.22. The largest absolute Gasteiger partial charge is 0.301 e. The molecule has 2 amide bonds. The number of hydrogen-bond acceptors (Lipinski definition) is 5. The van der Waals surface area contributed by atoms with Gasteiger partial charge >= 0.3 is 0 Å². The van der Waals surface area contributed by atoms with E-state index in [0.717, 1.165) is 10.5 Å². The Hall–Kier alpha value is -3.06. The second kappa shape index (κ2) is 6.82. The maximum absolute atomic E-state index is 12.6. The lowest BCUT2D eigenvalue weighted by Crippen LogP contribution is -2.38. The first kappa shape index (κ1) is 16.8. The molecule has 1 N–H and O–H groups in total. The molecule has 25 heavy (non-hydrogen) atoms. The van der Waals surface area contributed by atoms with E-state index in [4.69, 9.17) is 0 Å². The van der Waals surface area contributed by atoms with Gasteiger partial charge in [-0.25, -0.2) is 4.90 Å². The lowest BCUT2D eigenvalue weighted by atomic mass is 10.1. The Balaban J connectivity index is 1.76. The van der Waals surface area contributed by atoms with Gasteiger partial charge in [0.15, 0.2) is 0 Å². The van der Waals surface area contributed by atoms with Gasteiger partial charge in [-0.05, 0) is 24.1 Å². The highest BCUT2D eigenvalue weighted by atomic mass is 16.6. The van der Waals surface area contributed by atoms with E-state index >= 15 is 0 Å². The van der Waals surface area contributed by atoms with E-state index in [-0.39, 0.29) is 23.9 Å². The molecule has 1 atom stereocenters. The zero-order valence-corrected chi connectivity index (χ0v) is 13.6. The molecule has 1 heterocycles. The minimum atomic E-state index is -0.595. The standard InChI is InChI=1S/C18H17N3O4/c1-12-9-14(21(24)25)7-8-16(12)20-17(22)10-15(18(20)23)19-11-13-5-3-2-4-6-13/h2-9,15,19H,10-11H2,1H3/t15-/m1/s1. The van der Waals surface area contributed by atoms with Crippen LogP contribution in [0.5, 0.6) is 0 Å². The summed E-state index contributed by atoms with van der Waals surface area (Å²) in [5, 5.41) is 13.9. The van der Waals surface area contributed by atoms with E-state index in [9.17, 15) is 19.7 Å². The van der Waals surface area contributed by atoms with E-state index in [1.807, 2.05) is 30.3 Å². The molecule has 3 rings (SSSR count). The number of nitrogens with zero attached hydrogens (tertiary/aromatic N) is 2. The molecule has 1 saturated heterocycles. The van der Waals surface area contributed by atoms with E-state index < -0.39 is 11.0 Å². The maximum Gasteiger partial charge on any atom is 0.269 e. The topological polar surface area (TPSA) is 92.6 Å². The van der Waals surface area contributed by atoms with Gasteiger partial charge in [0.2, 0.25) is 5.91 Å². The van der Waals surface area contributed by atoms with Crippen LogP contribution in [0.3, 0.4) is 0 Å². The maximum atomic E-state index is 12.6. The molecule has 2 aromatic carbocycles. The molecule has 0 spiro atoms. The third kappa shape index (κ3) is 3.41. The molecule has 0 aliphatic carbocycles. The average Bonchev–Trinajstić information content (AvgIpc) is 2.88. The van der Waals surface area contributed by atoms with Gasteiger partial charge in [-0.1, -0.05) is 30.3 Å². The van der Waals surface area contributed by atoms with Crippen molar-refractivity contribution in [1.29, 1.82) is 0 Å². The van der Waals surface area contributed by atoms with Crippen LogP contribution in [0.4, 0.5) is 11.4 Å². The number of carbonyl (C=O) groups excluding carboxylic acids is 2. The Morgan fingerprint density at radius 2 is 1.92 bits per heavy atom. The number of amides is 2. The first-order chi connectivity index (χ1) is 12.0. The Morgan fingerprint density at radius 3 is 2.56 bits per heavy atom. The number of rotatable bonds is 5. The third-order valence-corrected chi connectivity index (χ3v) is 4.17. The van der Waals surface area contributed by atoms with E-state index in [1.54, 1.807) is 6.92 Å². The van der Waals surface area contributed by atoms with Crippen LogP contribution in [0.1, 0.15) is 17.5 Å². The number of carbonyl (C=O) groups is 2. The van der Waals surface area contributed by atoms with Gasteiger partial charge in [0.25, 0.3) is 11.6 Å². The van der Waals surface area contributed by atoms with Gasteiger partial charge < -0.3 is 5.32 Å². The molecular weight excluding hydrogens is 322 g/mol. The number of anilines is 1. The Morgan fingerprint density at radius 1 is 1.20 bits per heavy atom. The summed E-state index contributed by atoms with van der Waals surface area (Å²) in [6, 6.07) is 13.1. The molecule has 0 radical (unpaired) electrons. The van der Waals surface area contributed by atoms with Gasteiger partial charge in [-0.2, -0.15) is 0 Å². The molecule has 0 aromatic heterocycles. The molecule has 7 heteroatoms. The molecule has 0 bridgehead atoms. The van der Waals surface area contributed by atoms with Gasteiger partial charge in [0.05, 0.1) is 23.1 Å². The second-order valence-electron chi connectivity index (χ2n) is 5.92. The SMILES string of the molecule is Cc1cc([N+](=O)[O-])ccc1N1C(=O)C[C@@H](NCc2ccccc2)C1=O. The summed E-state index contributed by atoms with van der Waals surface area (Å²) in [7, 11) is 0. The minimum Gasteiger partial charge on any atom is -0.301 e. The number of nitro benzene ring substituents is 1. The number of non-ortho nitro benzene ring substituents is 1. The Kier molecular flexibility index (Phi) is 4.58. The van der Waals surface area contributed by atoms with E-state index in [2.05, 4.69) is 5.32 Å². The Labute approximate surface area is 144 Å². The number of nitrogens with one attached hydrogen (secondary N) is 1. The molecule has 1 aliphatic rings. The molecule has 7 nitrogen and oxygen atoms in total. The van der Waals surface area contributed by atoms with Crippen molar-refractivity contribution in [1.82, 2.24) is 5.32 Å². The summed E-state index contributed by atoms with van der Waals surface area (Å²) in [4.78, 5) is 36.4. The predicted octanol–water partition coefficient (Wildman–Crippen LogP) is 2.32. The number of imide groups is 1. The van der Waals surface area contributed by atoms with Crippen molar-refractivity contribution in [3.63, 3.8) is 0 Å². The fraction of sp³-hybridized carbons (Fsp3) is 0.222. The van der Waals surface area contributed by atoms with Crippen molar-refractivity contribution in [2.75, 3.05) is 4.90 Å². The summed E-state index contributed by atoms with van der Waals surface area (Å²) in [5.74, 6) is -0.648. The molecule has 0 unspecified atom stereocenters. The highest BCUT2D eigenvalue weighted by Gasteiger charge is 2.39. The summed E-state index contributed by atoms with van der Waals surface area (Å²) in [6.07, 6.45) is 0.0715. The smallest absolute Gasteiger partial charge is 0.269 e. The zero-order chi connectivity index (χ0) is 18.0. The molecule has 1 aliphatic heterocycles. The summed E-state index contributed by atoms with van der Waals surface area (Å²) in [5.41, 5.74) is 1.86. The van der Waals surface area contributed by atoms with Crippen LogP contribution >= 0.6 is 0 Å². The number of hydrogen-bond donors (Lipinski definition) is 1. The fourth-order valence-electron chi connectivity index (χ4n) is 2.89. The van der Waals surface area contributed by atoms with Gasteiger partial charge in [-0.15, -0.1) is 0 Å². The first-order valence-corrected chi connectivity index (χ1v) is 7.86. The Bertz CT molecular complexity index is 835. The lowest BCUT2D eigenvalue weighted by Gasteiger charge is -2.17. The molecule has 0 saturated carbocycles. The van der Waals surface area contributed by atoms with Crippen LogP contribution in [0, 0.1) is 17.0 Å². The first-order valence-electron chi connectivity index (χ1n) is 7.86. The molecular formula is C18H17N3O4. The van der Waals surface area contributed by atoms with Gasteiger partial charge in [-0.3, -0.25) is 19.7 Å². The van der Waals surface area contributed by atoms with Crippen LogP contribution in [0.15, 0.2) is 48.5 Å². The van der Waals surface area contributed by atoms with Crippen LogP contribution in [0.25, 0.3) is 0 Å². The van der Waals surface area contributed by atoms with Crippen molar-refractivity contribution in [2.45, 2.75) is 25.9 Å². The van der Waals surface area contributed by atoms with Crippen molar-refractivity contribution in [2.24, 2.45) is 0 Å². The van der Waals surface area contributed by atoms with Crippen LogP contribution < -0.4 is 10.2 Å². The quantitative estimate of drug-likeness (QED) is 0.513.